The Bertz CT molecular complexity index is 1110. The quantitative estimate of drug-likeness (QED) is 0.365. The summed E-state index contributed by atoms with van der Waals surface area (Å²) < 4.78 is 6.30. The number of fused-ring (bicyclic) bond motifs is 1. The zero-order valence-electron chi connectivity index (χ0n) is 19.5. The van der Waals surface area contributed by atoms with Crippen LogP contribution in [0.2, 0.25) is 0 Å². The lowest BCUT2D eigenvalue weighted by Crippen LogP contribution is -2.50. The van der Waals surface area contributed by atoms with E-state index in [0.29, 0.717) is 25.9 Å². The first kappa shape index (κ1) is 23.4. The Hall–Kier alpha value is -3.37. The molecule has 1 atom stereocenters. The maximum absolute atomic E-state index is 12.2. The van der Waals surface area contributed by atoms with Gasteiger partial charge in [0.25, 0.3) is 0 Å². The first-order valence-corrected chi connectivity index (χ1v) is 12.1. The Kier molecular flexibility index (Phi) is 6.74. The van der Waals surface area contributed by atoms with Gasteiger partial charge in [0.2, 0.25) is 11.8 Å². The zero-order chi connectivity index (χ0) is 24.4. The molecule has 0 spiro atoms. The van der Waals surface area contributed by atoms with Crippen LogP contribution in [0.5, 0.6) is 5.75 Å². The number of hydrogen-bond acceptors (Lipinski definition) is 8. The van der Waals surface area contributed by atoms with Crippen molar-refractivity contribution in [2.45, 2.75) is 57.3 Å². The predicted octanol–water partition coefficient (Wildman–Crippen LogP) is 2.20. The van der Waals surface area contributed by atoms with Gasteiger partial charge in [-0.25, -0.2) is 0 Å². The van der Waals surface area contributed by atoms with Gasteiger partial charge in [0.1, 0.15) is 18.1 Å². The number of nitro groups is 1. The Labute approximate surface area is 203 Å². The molecule has 1 N–H and O–H groups in total. The molecule has 2 fully saturated rings. The first-order chi connectivity index (χ1) is 16.9. The number of aromatic nitrogens is 1. The lowest BCUT2D eigenvalue weighted by Gasteiger charge is -2.32. The molecule has 0 aliphatic carbocycles. The minimum Gasteiger partial charge on any atom is -0.490 e. The molecule has 10 heteroatoms. The largest absolute Gasteiger partial charge is 0.490 e. The fourth-order valence-electron chi connectivity index (χ4n) is 5.12. The SMILES string of the molecule is O=C1CCC(N2Cc3ccc(OC4CCN(CCc5ccc([N+](=O)[O-])nc5)CC4)cc3C2)C(=O)N1. The lowest BCUT2D eigenvalue weighted by atomic mass is 10.0. The third-order valence-electron chi connectivity index (χ3n) is 7.13. The first-order valence-electron chi connectivity index (χ1n) is 12.1. The number of ether oxygens (including phenoxy) is 1. The van der Waals surface area contributed by atoms with E-state index in [4.69, 9.17) is 4.74 Å². The van der Waals surface area contributed by atoms with Crippen LogP contribution in [0.1, 0.15) is 42.4 Å². The van der Waals surface area contributed by atoms with Crippen molar-refractivity contribution in [1.82, 2.24) is 20.1 Å². The molecule has 2 amide bonds. The number of nitrogens with one attached hydrogen (secondary N) is 1. The summed E-state index contributed by atoms with van der Waals surface area (Å²) in [7, 11) is 0. The smallest absolute Gasteiger partial charge is 0.363 e. The van der Waals surface area contributed by atoms with Gasteiger partial charge in [-0.05, 0) is 70.5 Å². The molecule has 1 unspecified atom stereocenters. The molecule has 0 bridgehead atoms. The van der Waals surface area contributed by atoms with E-state index in [0.717, 1.165) is 50.2 Å². The summed E-state index contributed by atoms with van der Waals surface area (Å²) >= 11 is 0. The monoisotopic (exact) mass is 479 g/mol. The highest BCUT2D eigenvalue weighted by atomic mass is 16.6. The highest BCUT2D eigenvalue weighted by Gasteiger charge is 2.35. The van der Waals surface area contributed by atoms with Gasteiger partial charge in [0.15, 0.2) is 0 Å². The number of carbonyl (C=O) groups is 2. The third-order valence-corrected chi connectivity index (χ3v) is 7.13. The van der Waals surface area contributed by atoms with Gasteiger partial charge in [0.05, 0.1) is 6.04 Å². The third kappa shape index (κ3) is 5.49. The predicted molar refractivity (Wildman–Crippen MR) is 127 cm³/mol. The van der Waals surface area contributed by atoms with Crippen molar-refractivity contribution in [2.24, 2.45) is 0 Å². The fourth-order valence-corrected chi connectivity index (χ4v) is 5.12. The second-order valence-corrected chi connectivity index (χ2v) is 9.49. The summed E-state index contributed by atoms with van der Waals surface area (Å²) in [6, 6.07) is 9.17. The molecule has 0 radical (unpaired) electrons. The van der Waals surface area contributed by atoms with Crippen molar-refractivity contribution in [3.63, 3.8) is 0 Å². The van der Waals surface area contributed by atoms with E-state index in [1.165, 1.54) is 17.2 Å². The summed E-state index contributed by atoms with van der Waals surface area (Å²) in [5, 5.41) is 13.2. The number of rotatable bonds is 7. The highest BCUT2D eigenvalue weighted by molar-refractivity contribution is 6.00. The molecule has 10 nitrogen and oxygen atoms in total. The average molecular weight is 480 g/mol. The second-order valence-electron chi connectivity index (χ2n) is 9.49. The topological polar surface area (TPSA) is 118 Å². The standard InChI is InChI=1S/C25H29N5O5/c31-24-6-4-22(25(32)27-24)29-15-18-2-3-21(13-19(18)16-29)35-20-8-11-28(12-9-20)10-7-17-1-5-23(26-14-17)30(33)34/h1-3,5,13-14,20,22H,4,6-12,15-16H2,(H,27,31,32). The van der Waals surface area contributed by atoms with Crippen LogP contribution in [0.3, 0.4) is 0 Å². The van der Waals surface area contributed by atoms with E-state index in [9.17, 15) is 19.7 Å². The van der Waals surface area contributed by atoms with E-state index in [1.807, 2.05) is 6.07 Å². The van der Waals surface area contributed by atoms with Gasteiger partial charge in [-0.1, -0.05) is 6.07 Å². The van der Waals surface area contributed by atoms with Gasteiger partial charge >= 0.3 is 5.82 Å². The number of hydrogen-bond donors (Lipinski definition) is 1. The van der Waals surface area contributed by atoms with Crippen molar-refractivity contribution < 1.29 is 19.2 Å². The fraction of sp³-hybridized carbons (Fsp3) is 0.480. The molecule has 3 aliphatic rings. The van der Waals surface area contributed by atoms with E-state index in [1.54, 1.807) is 12.3 Å². The number of nitrogens with zero attached hydrogens (tertiary/aromatic N) is 4. The van der Waals surface area contributed by atoms with Crippen LogP contribution < -0.4 is 10.1 Å². The van der Waals surface area contributed by atoms with Crippen LogP contribution in [-0.2, 0) is 29.1 Å². The Balaban J connectivity index is 1.08. The van der Waals surface area contributed by atoms with Crippen molar-refractivity contribution in [3.05, 3.63) is 63.3 Å². The molecule has 2 saturated heterocycles. The number of pyridine rings is 1. The molecule has 4 heterocycles. The van der Waals surface area contributed by atoms with Crippen molar-refractivity contribution in [3.8, 4) is 5.75 Å². The van der Waals surface area contributed by atoms with E-state index in [-0.39, 0.29) is 29.8 Å². The number of likely N-dealkylation sites (tertiary alicyclic amines) is 1. The highest BCUT2D eigenvalue weighted by Crippen LogP contribution is 2.31. The summed E-state index contributed by atoms with van der Waals surface area (Å²) in [5.74, 6) is 0.362. The summed E-state index contributed by atoms with van der Waals surface area (Å²) in [4.78, 5) is 42.3. The molecular formula is C25H29N5O5. The number of amides is 2. The maximum atomic E-state index is 12.2. The summed E-state index contributed by atoms with van der Waals surface area (Å²) in [6.45, 7) is 4.18. The second kappa shape index (κ2) is 10.1. The van der Waals surface area contributed by atoms with Crippen LogP contribution in [0.4, 0.5) is 5.82 Å². The van der Waals surface area contributed by atoms with E-state index in [2.05, 4.69) is 32.2 Å². The van der Waals surface area contributed by atoms with Crippen molar-refractivity contribution in [1.29, 1.82) is 0 Å². The minimum absolute atomic E-state index is 0.123. The van der Waals surface area contributed by atoms with Crippen LogP contribution in [-0.4, -0.2) is 63.3 Å². The van der Waals surface area contributed by atoms with E-state index >= 15 is 0 Å². The molecule has 1 aromatic carbocycles. The molecular weight excluding hydrogens is 450 g/mol. The van der Waals surface area contributed by atoms with Gasteiger partial charge in [-0.2, -0.15) is 0 Å². The van der Waals surface area contributed by atoms with Crippen LogP contribution >= 0.6 is 0 Å². The Morgan fingerprint density at radius 2 is 1.89 bits per heavy atom. The van der Waals surface area contributed by atoms with E-state index < -0.39 is 4.92 Å². The summed E-state index contributed by atoms with van der Waals surface area (Å²) in [5.41, 5.74) is 3.39. The Morgan fingerprint density at radius 3 is 2.60 bits per heavy atom. The Morgan fingerprint density at radius 1 is 1.09 bits per heavy atom. The normalized spacial score (nSPS) is 21.5. The summed E-state index contributed by atoms with van der Waals surface area (Å²) in [6.07, 6.45) is 5.41. The molecule has 0 saturated carbocycles. The lowest BCUT2D eigenvalue weighted by molar-refractivity contribution is -0.389. The van der Waals surface area contributed by atoms with Crippen LogP contribution in [0, 0.1) is 10.1 Å². The number of piperidine rings is 2. The van der Waals surface area contributed by atoms with Gasteiger partial charge in [-0.15, -0.1) is 0 Å². The molecule has 1 aromatic heterocycles. The van der Waals surface area contributed by atoms with Gasteiger partial charge < -0.3 is 19.8 Å². The van der Waals surface area contributed by atoms with Crippen LogP contribution in [0.15, 0.2) is 36.5 Å². The number of imide groups is 1. The number of benzene rings is 1. The maximum Gasteiger partial charge on any atom is 0.363 e. The molecule has 35 heavy (non-hydrogen) atoms. The van der Waals surface area contributed by atoms with Crippen LogP contribution in [0.25, 0.3) is 0 Å². The zero-order valence-corrected chi connectivity index (χ0v) is 19.5. The molecule has 184 valence electrons. The van der Waals surface area contributed by atoms with Gasteiger partial charge in [0, 0.05) is 45.2 Å². The molecule has 5 rings (SSSR count). The minimum atomic E-state index is -0.482. The molecule has 3 aliphatic heterocycles. The van der Waals surface area contributed by atoms with Crippen molar-refractivity contribution in [2.75, 3.05) is 19.6 Å². The van der Waals surface area contributed by atoms with Gasteiger partial charge in [-0.3, -0.25) is 19.8 Å². The average Bonchev–Trinajstić information content (AvgIpc) is 3.27. The van der Waals surface area contributed by atoms with Crippen molar-refractivity contribution >= 4 is 17.6 Å². The molecule has 2 aromatic rings. The number of carbonyl (C=O) groups excluding carboxylic acids is 2.